The van der Waals surface area contributed by atoms with Gasteiger partial charge in [-0.2, -0.15) is 0 Å². The van der Waals surface area contributed by atoms with Crippen molar-refractivity contribution in [1.29, 1.82) is 0 Å². The summed E-state index contributed by atoms with van der Waals surface area (Å²) in [4.78, 5) is 11.8. The molecule has 0 aliphatic carbocycles. The van der Waals surface area contributed by atoms with Crippen LogP contribution >= 0.6 is 0 Å². The molecule has 0 unspecified atom stereocenters. The maximum atomic E-state index is 12.8. The summed E-state index contributed by atoms with van der Waals surface area (Å²) in [6.45, 7) is 2.60. The van der Waals surface area contributed by atoms with Crippen molar-refractivity contribution in [3.63, 3.8) is 0 Å². The molecule has 28 heavy (non-hydrogen) atoms. The Labute approximate surface area is 166 Å². The number of sulfonamides is 1. The summed E-state index contributed by atoms with van der Waals surface area (Å²) in [6.07, 6.45) is 1.94. The number of rotatable bonds is 10. The summed E-state index contributed by atoms with van der Waals surface area (Å²) in [5.41, 5.74) is 0.482. The molecule has 0 radical (unpaired) electrons. The number of ether oxygens (including phenoxy) is 2. The van der Waals surface area contributed by atoms with Crippen molar-refractivity contribution in [3.8, 4) is 11.5 Å². The SMILES string of the molecule is CCCCNC(=O)COc1ccc(N(C)S(=O)(=O)c2ccc(OC)cc2)cc1. The molecule has 0 atom stereocenters. The molecule has 0 aromatic heterocycles. The van der Waals surface area contributed by atoms with Gasteiger partial charge in [-0.3, -0.25) is 9.10 Å². The second-order valence-corrected chi connectivity index (χ2v) is 8.10. The lowest BCUT2D eigenvalue weighted by atomic mass is 10.3. The van der Waals surface area contributed by atoms with Crippen molar-refractivity contribution in [2.75, 3.05) is 31.6 Å². The Morgan fingerprint density at radius 3 is 2.21 bits per heavy atom. The van der Waals surface area contributed by atoms with Crippen LogP contribution in [0.3, 0.4) is 0 Å². The Kier molecular flexibility index (Phi) is 7.69. The van der Waals surface area contributed by atoms with Crippen LogP contribution in [-0.4, -0.2) is 41.6 Å². The number of carbonyl (C=O) groups is 1. The Morgan fingerprint density at radius 2 is 1.64 bits per heavy atom. The van der Waals surface area contributed by atoms with E-state index in [4.69, 9.17) is 9.47 Å². The van der Waals surface area contributed by atoms with Gasteiger partial charge < -0.3 is 14.8 Å². The molecular weight excluding hydrogens is 380 g/mol. The maximum Gasteiger partial charge on any atom is 0.264 e. The van der Waals surface area contributed by atoms with Crippen LogP contribution in [0, 0.1) is 0 Å². The maximum absolute atomic E-state index is 12.8. The van der Waals surface area contributed by atoms with Gasteiger partial charge in [0.1, 0.15) is 11.5 Å². The molecule has 0 spiro atoms. The second kappa shape index (κ2) is 9.98. The predicted octanol–water partition coefficient (Wildman–Crippen LogP) is 2.82. The molecule has 8 heteroatoms. The van der Waals surface area contributed by atoms with Gasteiger partial charge in [0.15, 0.2) is 6.61 Å². The molecule has 0 saturated heterocycles. The molecule has 0 aliphatic rings. The molecule has 0 saturated carbocycles. The van der Waals surface area contributed by atoms with Gasteiger partial charge >= 0.3 is 0 Å². The third-order valence-corrected chi connectivity index (χ3v) is 5.94. The lowest BCUT2D eigenvalue weighted by Crippen LogP contribution is -2.29. The van der Waals surface area contributed by atoms with Crippen LogP contribution in [0.15, 0.2) is 53.4 Å². The molecule has 1 N–H and O–H groups in total. The van der Waals surface area contributed by atoms with Crippen molar-refractivity contribution >= 4 is 21.6 Å². The van der Waals surface area contributed by atoms with Gasteiger partial charge in [-0.25, -0.2) is 8.42 Å². The lowest BCUT2D eigenvalue weighted by Gasteiger charge is -2.20. The normalized spacial score (nSPS) is 11.0. The number of methoxy groups -OCH3 is 1. The number of carbonyl (C=O) groups excluding carboxylic acids is 1. The molecule has 0 fully saturated rings. The van der Waals surface area contributed by atoms with Crippen molar-refractivity contribution in [2.45, 2.75) is 24.7 Å². The van der Waals surface area contributed by atoms with Crippen LogP contribution in [0.5, 0.6) is 11.5 Å². The van der Waals surface area contributed by atoms with Crippen molar-refractivity contribution in [3.05, 3.63) is 48.5 Å². The molecule has 1 amide bonds. The van der Waals surface area contributed by atoms with Gasteiger partial charge in [-0.05, 0) is 55.0 Å². The number of hydrogen-bond donors (Lipinski definition) is 1. The van der Waals surface area contributed by atoms with Gasteiger partial charge in [-0.1, -0.05) is 13.3 Å². The highest BCUT2D eigenvalue weighted by atomic mass is 32.2. The number of anilines is 1. The van der Waals surface area contributed by atoms with Crippen molar-refractivity contribution in [1.82, 2.24) is 5.32 Å². The molecule has 2 rings (SSSR count). The van der Waals surface area contributed by atoms with Crippen LogP contribution in [0.4, 0.5) is 5.69 Å². The molecular formula is C20H26N2O5S. The lowest BCUT2D eigenvalue weighted by molar-refractivity contribution is -0.123. The molecule has 7 nitrogen and oxygen atoms in total. The van der Waals surface area contributed by atoms with Gasteiger partial charge in [0.05, 0.1) is 17.7 Å². The number of nitrogens with one attached hydrogen (secondary N) is 1. The van der Waals surface area contributed by atoms with Crippen LogP contribution < -0.4 is 19.1 Å². The molecule has 2 aromatic carbocycles. The first-order valence-electron chi connectivity index (χ1n) is 9.01. The van der Waals surface area contributed by atoms with E-state index >= 15 is 0 Å². The topological polar surface area (TPSA) is 84.9 Å². The third kappa shape index (κ3) is 5.63. The smallest absolute Gasteiger partial charge is 0.264 e. The average Bonchev–Trinajstić information content (AvgIpc) is 2.72. The summed E-state index contributed by atoms with van der Waals surface area (Å²) in [5.74, 6) is 0.892. The Bertz CT molecular complexity index is 864. The summed E-state index contributed by atoms with van der Waals surface area (Å²) in [5, 5.41) is 2.77. The van der Waals surface area contributed by atoms with Crippen molar-refractivity contribution in [2.24, 2.45) is 0 Å². The largest absolute Gasteiger partial charge is 0.497 e. The van der Waals surface area contributed by atoms with Gasteiger partial charge in [-0.15, -0.1) is 0 Å². The fourth-order valence-corrected chi connectivity index (χ4v) is 3.60. The number of hydrogen-bond acceptors (Lipinski definition) is 5. The minimum Gasteiger partial charge on any atom is -0.497 e. The van der Waals surface area contributed by atoms with E-state index in [1.807, 2.05) is 0 Å². The number of amides is 1. The first kappa shape index (κ1) is 21.6. The van der Waals surface area contributed by atoms with E-state index < -0.39 is 10.0 Å². The summed E-state index contributed by atoms with van der Waals surface area (Å²) in [7, 11) is -0.691. The van der Waals surface area contributed by atoms with Gasteiger partial charge in [0.25, 0.3) is 15.9 Å². The van der Waals surface area contributed by atoms with Crippen LogP contribution in [-0.2, 0) is 14.8 Å². The van der Waals surface area contributed by atoms with Crippen LogP contribution in [0.25, 0.3) is 0 Å². The van der Waals surface area contributed by atoms with Crippen LogP contribution in [0.1, 0.15) is 19.8 Å². The van der Waals surface area contributed by atoms with Gasteiger partial charge in [0, 0.05) is 13.6 Å². The molecule has 0 heterocycles. The first-order chi connectivity index (χ1) is 13.4. The summed E-state index contributed by atoms with van der Waals surface area (Å²) >= 11 is 0. The zero-order valence-corrected chi connectivity index (χ0v) is 17.2. The molecule has 152 valence electrons. The molecule has 0 bridgehead atoms. The molecule has 2 aromatic rings. The fourth-order valence-electron chi connectivity index (χ4n) is 2.40. The summed E-state index contributed by atoms with van der Waals surface area (Å²) in [6, 6.07) is 12.7. The number of benzene rings is 2. The van der Waals surface area contributed by atoms with E-state index in [9.17, 15) is 13.2 Å². The predicted molar refractivity (Wildman–Crippen MR) is 108 cm³/mol. The molecule has 0 aliphatic heterocycles. The van der Waals surface area contributed by atoms with E-state index in [1.165, 1.54) is 30.6 Å². The van der Waals surface area contributed by atoms with E-state index in [0.29, 0.717) is 23.7 Å². The van der Waals surface area contributed by atoms with Crippen molar-refractivity contribution < 1.29 is 22.7 Å². The standard InChI is InChI=1S/C20H26N2O5S/c1-4-5-14-21-20(23)15-27-18-8-6-16(7-9-18)22(2)28(24,25)19-12-10-17(26-3)11-13-19/h6-13H,4-5,14-15H2,1-3H3,(H,21,23). The van der Waals surface area contributed by atoms with E-state index in [2.05, 4.69) is 12.2 Å². The quantitative estimate of drug-likeness (QED) is 0.613. The minimum atomic E-state index is -3.70. The zero-order chi connectivity index (χ0) is 20.6. The monoisotopic (exact) mass is 406 g/mol. The second-order valence-electron chi connectivity index (χ2n) is 6.13. The van der Waals surface area contributed by atoms with Crippen LogP contribution in [0.2, 0.25) is 0 Å². The fraction of sp³-hybridized carbons (Fsp3) is 0.350. The minimum absolute atomic E-state index is 0.0803. The van der Waals surface area contributed by atoms with E-state index in [-0.39, 0.29) is 17.4 Å². The zero-order valence-electron chi connectivity index (χ0n) is 16.3. The number of unbranched alkanes of at least 4 members (excludes halogenated alkanes) is 1. The average molecular weight is 407 g/mol. The Balaban J connectivity index is 2.00. The van der Waals surface area contributed by atoms with E-state index in [1.54, 1.807) is 36.4 Å². The van der Waals surface area contributed by atoms with Gasteiger partial charge in [0.2, 0.25) is 0 Å². The highest BCUT2D eigenvalue weighted by molar-refractivity contribution is 7.92. The first-order valence-corrected chi connectivity index (χ1v) is 10.4. The highest BCUT2D eigenvalue weighted by Crippen LogP contribution is 2.25. The number of nitrogens with zero attached hydrogens (tertiary/aromatic N) is 1. The summed E-state index contributed by atoms with van der Waals surface area (Å²) < 4.78 is 37.2. The Hall–Kier alpha value is -2.74. The Morgan fingerprint density at radius 1 is 1.04 bits per heavy atom. The highest BCUT2D eigenvalue weighted by Gasteiger charge is 2.21. The third-order valence-electron chi connectivity index (χ3n) is 4.14. The van der Waals surface area contributed by atoms with E-state index in [0.717, 1.165) is 12.8 Å².